The molecule has 1 heterocycles. The molecule has 0 saturated heterocycles. The summed E-state index contributed by atoms with van der Waals surface area (Å²) in [7, 11) is 1.69. The second kappa shape index (κ2) is 6.79. The van der Waals surface area contributed by atoms with E-state index in [0.29, 0.717) is 13.2 Å². The number of methoxy groups -OCH3 is 1. The van der Waals surface area contributed by atoms with E-state index >= 15 is 0 Å². The van der Waals surface area contributed by atoms with E-state index in [1.54, 1.807) is 18.4 Å². The predicted molar refractivity (Wildman–Crippen MR) is 77.1 cm³/mol. The lowest BCUT2D eigenvalue weighted by atomic mass is 9.85. The van der Waals surface area contributed by atoms with Crippen LogP contribution in [-0.2, 0) is 28.2 Å². The molecule has 0 aliphatic heterocycles. The highest BCUT2D eigenvalue weighted by molar-refractivity contribution is 7.11. The predicted octanol–water partition coefficient (Wildman–Crippen LogP) is 2.94. The summed E-state index contributed by atoms with van der Waals surface area (Å²) in [5.41, 5.74) is 6.62. The molecule has 2 N–H and O–H groups in total. The van der Waals surface area contributed by atoms with Crippen molar-refractivity contribution < 1.29 is 9.47 Å². The molecule has 19 heavy (non-hydrogen) atoms. The Labute approximate surface area is 119 Å². The topological polar surface area (TPSA) is 57.4 Å². The third kappa shape index (κ3) is 3.16. The van der Waals surface area contributed by atoms with E-state index in [0.717, 1.165) is 35.0 Å². The fourth-order valence-electron chi connectivity index (χ4n) is 2.81. The van der Waals surface area contributed by atoms with E-state index in [1.807, 2.05) is 0 Å². The minimum Gasteiger partial charge on any atom is -0.378 e. The second-order valence-corrected chi connectivity index (χ2v) is 6.10. The average Bonchev–Trinajstić information content (AvgIpc) is 2.84. The van der Waals surface area contributed by atoms with Crippen molar-refractivity contribution in [2.75, 3.05) is 13.7 Å². The van der Waals surface area contributed by atoms with Gasteiger partial charge in [-0.05, 0) is 19.8 Å². The first kappa shape index (κ1) is 14.9. The third-order valence-corrected chi connectivity index (χ3v) is 5.02. The highest BCUT2D eigenvalue weighted by atomic mass is 32.1. The van der Waals surface area contributed by atoms with E-state index in [2.05, 4.69) is 6.92 Å². The molecular weight excluding hydrogens is 260 g/mol. The van der Waals surface area contributed by atoms with Gasteiger partial charge in [-0.1, -0.05) is 19.3 Å². The molecule has 0 spiro atoms. The van der Waals surface area contributed by atoms with Gasteiger partial charge in [0.1, 0.15) is 10.6 Å². The van der Waals surface area contributed by atoms with Crippen molar-refractivity contribution in [3.63, 3.8) is 0 Å². The average molecular weight is 284 g/mol. The van der Waals surface area contributed by atoms with Crippen LogP contribution in [0.4, 0.5) is 0 Å². The molecule has 1 aliphatic carbocycles. The molecule has 1 aromatic rings. The van der Waals surface area contributed by atoms with Crippen LogP contribution >= 0.6 is 11.3 Å². The van der Waals surface area contributed by atoms with Crippen LogP contribution in [0.1, 0.15) is 54.6 Å². The lowest BCUT2D eigenvalue weighted by Gasteiger charge is -2.35. The number of nitrogens with two attached hydrogens (primary N) is 1. The Balaban J connectivity index is 2.30. The molecule has 0 bridgehead atoms. The minimum absolute atomic E-state index is 0.173. The first-order valence-electron chi connectivity index (χ1n) is 7.07. The van der Waals surface area contributed by atoms with Gasteiger partial charge in [0.25, 0.3) is 0 Å². The van der Waals surface area contributed by atoms with Crippen LogP contribution in [0.25, 0.3) is 0 Å². The number of aromatic nitrogens is 1. The summed E-state index contributed by atoms with van der Waals surface area (Å²) in [5.74, 6) is 0. The van der Waals surface area contributed by atoms with E-state index in [4.69, 9.17) is 20.2 Å². The number of thiazole rings is 1. The van der Waals surface area contributed by atoms with Crippen LogP contribution in [0, 0.1) is 0 Å². The van der Waals surface area contributed by atoms with Crippen LogP contribution in [0.5, 0.6) is 0 Å². The van der Waals surface area contributed by atoms with Gasteiger partial charge in [0, 0.05) is 25.1 Å². The van der Waals surface area contributed by atoms with Crippen molar-refractivity contribution in [3.05, 3.63) is 15.6 Å². The summed E-state index contributed by atoms with van der Waals surface area (Å²) in [4.78, 5) is 5.90. The summed E-state index contributed by atoms with van der Waals surface area (Å²) in [6, 6.07) is 0. The molecule has 0 amide bonds. The zero-order valence-corrected chi connectivity index (χ0v) is 12.7. The molecule has 1 fully saturated rings. The molecule has 1 aromatic heterocycles. The normalized spacial score (nSPS) is 18.7. The number of rotatable bonds is 6. The van der Waals surface area contributed by atoms with E-state index < -0.39 is 0 Å². The van der Waals surface area contributed by atoms with Gasteiger partial charge in [0.2, 0.25) is 0 Å². The van der Waals surface area contributed by atoms with E-state index in [-0.39, 0.29) is 5.60 Å². The summed E-state index contributed by atoms with van der Waals surface area (Å²) in [5, 5.41) is 1.10. The van der Waals surface area contributed by atoms with Crippen LogP contribution in [0.15, 0.2) is 0 Å². The zero-order chi connectivity index (χ0) is 13.7. The van der Waals surface area contributed by atoms with E-state index in [1.165, 1.54) is 19.3 Å². The number of hydrogen-bond donors (Lipinski definition) is 1. The fraction of sp³-hybridized carbons (Fsp3) is 0.786. The van der Waals surface area contributed by atoms with Gasteiger partial charge in [0.05, 0.1) is 12.3 Å². The maximum Gasteiger partial charge on any atom is 0.125 e. The summed E-state index contributed by atoms with van der Waals surface area (Å²) in [6.45, 7) is 3.85. The summed E-state index contributed by atoms with van der Waals surface area (Å²) in [6.07, 6.45) is 5.89. The lowest BCUT2D eigenvalue weighted by Crippen LogP contribution is -2.32. The fourth-order valence-corrected chi connectivity index (χ4v) is 3.95. The van der Waals surface area contributed by atoms with Crippen LogP contribution in [-0.4, -0.2) is 18.7 Å². The highest BCUT2D eigenvalue weighted by Gasteiger charge is 2.38. The number of ether oxygens (including phenoxy) is 2. The van der Waals surface area contributed by atoms with Crippen molar-refractivity contribution >= 4 is 11.3 Å². The first-order valence-corrected chi connectivity index (χ1v) is 7.89. The Hall–Kier alpha value is -0.490. The third-order valence-electron chi connectivity index (χ3n) is 3.72. The Morgan fingerprint density at radius 2 is 2.05 bits per heavy atom. The molecular formula is C14H24N2O2S. The van der Waals surface area contributed by atoms with Gasteiger partial charge in [0.15, 0.2) is 0 Å². The van der Waals surface area contributed by atoms with Crippen molar-refractivity contribution in [2.45, 2.75) is 57.8 Å². The van der Waals surface area contributed by atoms with Gasteiger partial charge >= 0.3 is 0 Å². The smallest absolute Gasteiger partial charge is 0.125 e. The lowest BCUT2D eigenvalue weighted by molar-refractivity contribution is -0.0706. The van der Waals surface area contributed by atoms with E-state index in [9.17, 15) is 0 Å². The van der Waals surface area contributed by atoms with Crippen LogP contribution in [0.3, 0.4) is 0 Å². The monoisotopic (exact) mass is 284 g/mol. The molecule has 1 aliphatic rings. The van der Waals surface area contributed by atoms with Crippen molar-refractivity contribution in [1.82, 2.24) is 4.98 Å². The van der Waals surface area contributed by atoms with Crippen LogP contribution in [0.2, 0.25) is 0 Å². The number of nitrogens with zero attached hydrogens (tertiary/aromatic N) is 1. The van der Waals surface area contributed by atoms with Crippen molar-refractivity contribution in [2.24, 2.45) is 5.73 Å². The standard InChI is InChI=1S/C14H24N2O2S/c1-3-18-14(7-5-4-6-8-14)13-16-11(10-17-2)12(9-15)19-13/h3-10,15H2,1-2H3. The molecule has 0 aromatic carbocycles. The van der Waals surface area contributed by atoms with Gasteiger partial charge in [-0.3, -0.25) is 0 Å². The molecule has 0 radical (unpaired) electrons. The second-order valence-electron chi connectivity index (χ2n) is 5.01. The van der Waals surface area contributed by atoms with Gasteiger partial charge < -0.3 is 15.2 Å². The Morgan fingerprint density at radius 1 is 1.32 bits per heavy atom. The SMILES string of the molecule is CCOC1(c2nc(COC)c(CN)s2)CCCCC1. The first-order chi connectivity index (χ1) is 9.25. The molecule has 2 rings (SSSR count). The Morgan fingerprint density at radius 3 is 2.63 bits per heavy atom. The van der Waals surface area contributed by atoms with Gasteiger partial charge in [-0.15, -0.1) is 11.3 Å². The largest absolute Gasteiger partial charge is 0.378 e. The molecule has 5 heteroatoms. The van der Waals surface area contributed by atoms with Crippen molar-refractivity contribution in [3.8, 4) is 0 Å². The molecule has 0 unspecified atom stereocenters. The summed E-state index contributed by atoms with van der Waals surface area (Å²) >= 11 is 1.70. The molecule has 108 valence electrons. The molecule has 0 atom stereocenters. The maximum atomic E-state index is 6.11. The Kier molecular flexibility index (Phi) is 5.33. The summed E-state index contributed by atoms with van der Waals surface area (Å²) < 4.78 is 11.3. The minimum atomic E-state index is -0.173. The quantitative estimate of drug-likeness (QED) is 0.872. The number of hydrogen-bond acceptors (Lipinski definition) is 5. The Bertz CT molecular complexity index is 395. The van der Waals surface area contributed by atoms with Crippen molar-refractivity contribution in [1.29, 1.82) is 0 Å². The van der Waals surface area contributed by atoms with Gasteiger partial charge in [-0.25, -0.2) is 4.98 Å². The molecule has 1 saturated carbocycles. The highest BCUT2D eigenvalue weighted by Crippen LogP contribution is 2.42. The van der Waals surface area contributed by atoms with Gasteiger partial charge in [-0.2, -0.15) is 0 Å². The molecule has 4 nitrogen and oxygen atoms in total. The maximum absolute atomic E-state index is 6.11. The zero-order valence-electron chi connectivity index (χ0n) is 11.9. The van der Waals surface area contributed by atoms with Crippen LogP contribution < -0.4 is 5.73 Å².